The molecule has 6 heteroatoms. The molecule has 0 spiro atoms. The maximum Gasteiger partial charge on any atom is 0.210 e. The highest BCUT2D eigenvalue weighted by Gasteiger charge is 2.17. The molecule has 1 rings (SSSR count). The molecule has 0 radical (unpaired) electrons. The van der Waals surface area contributed by atoms with Gasteiger partial charge in [-0.15, -0.1) is 0 Å². The Kier molecular flexibility index (Phi) is 5.53. The summed E-state index contributed by atoms with van der Waals surface area (Å²) < 4.78 is 0. The van der Waals surface area contributed by atoms with Gasteiger partial charge in [-0.25, -0.2) is 0 Å². The van der Waals surface area contributed by atoms with Crippen LogP contribution in [-0.2, 0) is 4.79 Å². The first kappa shape index (κ1) is 14.7. The standard InChI is InChI=1S/C13H17N3O3/c1-9-10(4-3-5-11(9)14-2)13(18)12(16-19)6-7-15-8-17/h3-5,8,14,19H,6-7H2,1-2H3,(H,15,17)/b16-12-. The number of nitrogens with zero attached hydrogens (tertiary/aromatic N) is 1. The lowest BCUT2D eigenvalue weighted by molar-refractivity contribution is -0.109. The third kappa shape index (κ3) is 3.54. The molecule has 6 nitrogen and oxygen atoms in total. The Balaban J connectivity index is 2.95. The quantitative estimate of drug-likeness (QED) is 0.172. The summed E-state index contributed by atoms with van der Waals surface area (Å²) in [5.41, 5.74) is 2.13. The Morgan fingerprint density at radius 3 is 2.79 bits per heavy atom. The van der Waals surface area contributed by atoms with E-state index in [4.69, 9.17) is 5.21 Å². The Morgan fingerprint density at radius 2 is 2.21 bits per heavy atom. The molecule has 0 unspecified atom stereocenters. The Morgan fingerprint density at radius 1 is 1.47 bits per heavy atom. The van der Waals surface area contributed by atoms with E-state index >= 15 is 0 Å². The summed E-state index contributed by atoms with van der Waals surface area (Å²) in [6, 6.07) is 5.29. The monoisotopic (exact) mass is 263 g/mol. The lowest BCUT2D eigenvalue weighted by Crippen LogP contribution is -2.22. The number of amides is 1. The van der Waals surface area contributed by atoms with Crippen LogP contribution in [-0.4, -0.2) is 36.7 Å². The summed E-state index contributed by atoms with van der Waals surface area (Å²) in [5.74, 6) is -0.343. The molecule has 0 aliphatic rings. The summed E-state index contributed by atoms with van der Waals surface area (Å²) in [4.78, 5) is 22.4. The van der Waals surface area contributed by atoms with E-state index in [0.29, 0.717) is 12.0 Å². The predicted molar refractivity (Wildman–Crippen MR) is 73.0 cm³/mol. The van der Waals surface area contributed by atoms with Crippen LogP contribution in [0, 0.1) is 6.92 Å². The van der Waals surface area contributed by atoms with Gasteiger partial charge in [-0.2, -0.15) is 0 Å². The molecule has 1 aromatic rings. The van der Waals surface area contributed by atoms with Crippen LogP contribution < -0.4 is 10.6 Å². The van der Waals surface area contributed by atoms with E-state index in [1.807, 2.05) is 13.0 Å². The normalized spacial score (nSPS) is 10.9. The second kappa shape index (κ2) is 7.15. The van der Waals surface area contributed by atoms with Gasteiger partial charge in [0.15, 0.2) is 0 Å². The largest absolute Gasteiger partial charge is 0.411 e. The Bertz CT molecular complexity index is 498. The van der Waals surface area contributed by atoms with Crippen LogP contribution in [0.1, 0.15) is 22.3 Å². The van der Waals surface area contributed by atoms with Crippen molar-refractivity contribution in [3.63, 3.8) is 0 Å². The van der Waals surface area contributed by atoms with Crippen molar-refractivity contribution < 1.29 is 14.8 Å². The number of benzene rings is 1. The van der Waals surface area contributed by atoms with Gasteiger partial charge in [-0.3, -0.25) is 9.59 Å². The van der Waals surface area contributed by atoms with E-state index in [9.17, 15) is 9.59 Å². The van der Waals surface area contributed by atoms with Crippen LogP contribution in [0.5, 0.6) is 0 Å². The second-order valence-electron chi connectivity index (χ2n) is 3.93. The van der Waals surface area contributed by atoms with E-state index in [1.54, 1.807) is 19.2 Å². The molecule has 1 amide bonds. The fraction of sp³-hybridized carbons (Fsp3) is 0.308. The fourth-order valence-corrected chi connectivity index (χ4v) is 1.77. The van der Waals surface area contributed by atoms with Crippen molar-refractivity contribution >= 4 is 23.6 Å². The van der Waals surface area contributed by atoms with Gasteiger partial charge in [0.2, 0.25) is 12.2 Å². The van der Waals surface area contributed by atoms with Crippen molar-refractivity contribution in [3.05, 3.63) is 29.3 Å². The molecule has 19 heavy (non-hydrogen) atoms. The smallest absolute Gasteiger partial charge is 0.210 e. The molecule has 0 saturated carbocycles. The second-order valence-corrected chi connectivity index (χ2v) is 3.93. The van der Waals surface area contributed by atoms with Crippen LogP contribution in [0.2, 0.25) is 0 Å². The molecule has 3 N–H and O–H groups in total. The molecule has 0 aliphatic heterocycles. The van der Waals surface area contributed by atoms with Crippen LogP contribution >= 0.6 is 0 Å². The predicted octanol–water partition coefficient (Wildman–Crippen LogP) is 1.19. The van der Waals surface area contributed by atoms with E-state index in [-0.39, 0.29) is 24.5 Å². The number of carbonyl (C=O) groups is 2. The van der Waals surface area contributed by atoms with Crippen molar-refractivity contribution in [2.24, 2.45) is 5.16 Å². The Hall–Kier alpha value is -2.37. The SMILES string of the molecule is CNc1cccc(C(=O)/C(CCNC=O)=N\O)c1C. The molecule has 0 aromatic heterocycles. The minimum Gasteiger partial charge on any atom is -0.411 e. The first-order chi connectivity index (χ1) is 9.15. The Labute approximate surface area is 111 Å². The average molecular weight is 263 g/mol. The average Bonchev–Trinajstić information content (AvgIpc) is 2.43. The lowest BCUT2D eigenvalue weighted by atomic mass is 9.98. The summed E-state index contributed by atoms with van der Waals surface area (Å²) >= 11 is 0. The number of hydrogen-bond donors (Lipinski definition) is 3. The zero-order valence-corrected chi connectivity index (χ0v) is 10.9. The third-order valence-corrected chi connectivity index (χ3v) is 2.82. The zero-order valence-electron chi connectivity index (χ0n) is 10.9. The number of rotatable bonds is 7. The number of ketones is 1. The molecule has 0 fully saturated rings. The molecule has 0 heterocycles. The molecular formula is C13H17N3O3. The highest BCUT2D eigenvalue weighted by molar-refractivity contribution is 6.46. The maximum atomic E-state index is 12.2. The van der Waals surface area contributed by atoms with Crippen molar-refractivity contribution in [1.29, 1.82) is 0 Å². The summed E-state index contributed by atoms with van der Waals surface area (Å²) in [6.07, 6.45) is 0.712. The molecule has 1 aromatic carbocycles. The van der Waals surface area contributed by atoms with E-state index in [0.717, 1.165) is 11.3 Å². The number of hydrogen-bond acceptors (Lipinski definition) is 5. The molecule has 0 bridgehead atoms. The van der Waals surface area contributed by atoms with E-state index < -0.39 is 0 Å². The number of carbonyl (C=O) groups excluding carboxylic acids is 2. The number of oxime groups is 1. The molecular weight excluding hydrogens is 246 g/mol. The van der Waals surface area contributed by atoms with Gasteiger partial charge in [0.1, 0.15) is 5.71 Å². The van der Waals surface area contributed by atoms with Crippen molar-refractivity contribution in [1.82, 2.24) is 5.32 Å². The van der Waals surface area contributed by atoms with Crippen molar-refractivity contribution in [2.45, 2.75) is 13.3 Å². The first-order valence-corrected chi connectivity index (χ1v) is 5.85. The van der Waals surface area contributed by atoms with Crippen LogP contribution in [0.4, 0.5) is 5.69 Å². The molecule has 0 aliphatic carbocycles. The number of nitrogens with one attached hydrogen (secondary N) is 2. The van der Waals surface area contributed by atoms with Gasteiger partial charge in [0.25, 0.3) is 0 Å². The van der Waals surface area contributed by atoms with Gasteiger partial charge < -0.3 is 15.8 Å². The minimum atomic E-state index is -0.343. The van der Waals surface area contributed by atoms with E-state index in [2.05, 4.69) is 15.8 Å². The van der Waals surface area contributed by atoms with Crippen LogP contribution in [0.15, 0.2) is 23.4 Å². The highest BCUT2D eigenvalue weighted by atomic mass is 16.4. The lowest BCUT2D eigenvalue weighted by Gasteiger charge is -2.10. The van der Waals surface area contributed by atoms with Crippen LogP contribution in [0.25, 0.3) is 0 Å². The number of anilines is 1. The third-order valence-electron chi connectivity index (χ3n) is 2.82. The van der Waals surface area contributed by atoms with Crippen molar-refractivity contribution in [3.8, 4) is 0 Å². The van der Waals surface area contributed by atoms with Gasteiger partial charge in [0, 0.05) is 31.3 Å². The maximum absolute atomic E-state index is 12.2. The van der Waals surface area contributed by atoms with Crippen LogP contribution in [0.3, 0.4) is 0 Å². The highest BCUT2D eigenvalue weighted by Crippen LogP contribution is 2.19. The molecule has 0 atom stereocenters. The summed E-state index contributed by atoms with van der Waals surface area (Å²) in [5, 5.41) is 17.3. The molecule has 0 saturated heterocycles. The minimum absolute atomic E-state index is 0.0192. The summed E-state index contributed by atoms with van der Waals surface area (Å²) in [7, 11) is 1.77. The number of Topliss-reactive ketones (excluding diaryl/α,β-unsaturated/α-hetero) is 1. The van der Waals surface area contributed by atoms with E-state index in [1.165, 1.54) is 0 Å². The first-order valence-electron chi connectivity index (χ1n) is 5.85. The van der Waals surface area contributed by atoms with Crippen molar-refractivity contribution in [2.75, 3.05) is 18.9 Å². The van der Waals surface area contributed by atoms with Gasteiger partial charge in [0.05, 0.1) is 0 Å². The summed E-state index contributed by atoms with van der Waals surface area (Å²) in [6.45, 7) is 2.07. The fourth-order valence-electron chi connectivity index (χ4n) is 1.77. The zero-order chi connectivity index (χ0) is 14.3. The topological polar surface area (TPSA) is 90.8 Å². The molecule has 102 valence electrons. The van der Waals surface area contributed by atoms with Gasteiger partial charge in [-0.1, -0.05) is 17.3 Å². The van der Waals surface area contributed by atoms with Gasteiger partial charge in [-0.05, 0) is 18.6 Å². The van der Waals surface area contributed by atoms with Gasteiger partial charge >= 0.3 is 0 Å².